The van der Waals surface area contributed by atoms with Crippen molar-refractivity contribution in [2.45, 2.75) is 0 Å². The topological polar surface area (TPSA) is 347 Å². The Bertz CT molecular complexity index is 33.3. The summed E-state index contributed by atoms with van der Waals surface area (Å²) in [5, 5.41) is 13.6. The number of hydrogen-bond donors (Lipinski definition) is 1. The Morgan fingerprint density at radius 3 is 0.714 bits per heavy atom. The van der Waals surface area contributed by atoms with E-state index in [-0.39, 0.29) is 72.3 Å². The van der Waals surface area contributed by atoms with Gasteiger partial charge in [-0.25, -0.2) is 0 Å². The van der Waals surface area contributed by atoms with Gasteiger partial charge in [0.1, 0.15) is 0 Å². The highest BCUT2D eigenvalue weighted by Crippen LogP contribution is 1.38. The summed E-state index contributed by atoms with van der Waals surface area (Å²) in [6.07, 6.45) is 0. The van der Waals surface area contributed by atoms with Crippen LogP contribution in [-0.2, 0) is 0 Å². The molecule has 0 aliphatic rings. The van der Waals surface area contributed by atoms with Crippen molar-refractivity contribution in [3.8, 4) is 0 Å². The minimum Gasteiger partial charge on any atom is -0.412 e. The molecule has 13 nitrogen and oxygen atoms in total. The van der Waals surface area contributed by atoms with Gasteiger partial charge in [-0.2, -0.15) is 0 Å². The van der Waals surface area contributed by atoms with Gasteiger partial charge in [0.2, 0.25) is 0 Å². The number of rotatable bonds is 0. The molecule has 19 N–H and O–H groups in total. The van der Waals surface area contributed by atoms with Gasteiger partial charge < -0.3 is 54.5 Å². The summed E-state index contributed by atoms with van der Waals surface area (Å²) in [7, 11) is 0. The highest BCUT2D eigenvalue weighted by Gasteiger charge is 1.65. The zero-order valence-corrected chi connectivity index (χ0v) is 6.21. The van der Waals surface area contributed by atoms with Gasteiger partial charge in [0.15, 0.2) is 0 Å². The fourth-order valence-electron chi connectivity index (χ4n) is 0. The van der Waals surface area contributed by atoms with Crippen LogP contribution in [0.1, 0.15) is 0 Å². The third kappa shape index (κ3) is 8420. The molecule has 0 aliphatic carbocycles. The molecule has 0 spiro atoms. The maximum absolute atomic E-state index is 8.36. The smallest absolute Gasteiger partial charge is 0.316 e. The van der Waals surface area contributed by atoms with Crippen LogP contribution in [0.5, 0.6) is 0 Å². The molecule has 0 aromatic carbocycles. The normalized spacial score (nSPS) is 1.71. The molecule has 0 atom stereocenters. The van der Waals surface area contributed by atoms with Crippen LogP contribution >= 0.6 is 0 Å². The van der Waals surface area contributed by atoms with Gasteiger partial charge in [-0.05, 0) is 0 Å². The van der Waals surface area contributed by atoms with Crippen molar-refractivity contribution in [1.29, 1.82) is 0 Å². The van der Waals surface area contributed by atoms with E-state index in [2.05, 4.69) is 0 Å². The summed E-state index contributed by atoms with van der Waals surface area (Å²) in [4.78, 5) is 8.36. The summed E-state index contributed by atoms with van der Waals surface area (Å²) >= 11 is 0. The van der Waals surface area contributed by atoms with Crippen molar-refractivity contribution in [2.24, 2.45) is 0 Å². The third-order valence-corrected chi connectivity index (χ3v) is 0. The molecule has 0 heterocycles. The predicted molar refractivity (Wildman–Crippen MR) is 49.8 cm³/mol. The van der Waals surface area contributed by atoms with Gasteiger partial charge in [-0.15, -0.1) is 10.1 Å². The molecule has 14 heavy (non-hydrogen) atoms. The second-order valence-electron chi connectivity index (χ2n) is 0.238. The van der Waals surface area contributed by atoms with Crippen LogP contribution < -0.4 is 0 Å². The molecule has 0 aliphatic heterocycles. The van der Waals surface area contributed by atoms with E-state index in [0.717, 1.165) is 0 Å². The lowest BCUT2D eigenvalue weighted by Gasteiger charge is -1.56. The molecule has 100 valence electrons. The van der Waals surface area contributed by atoms with Crippen LogP contribution in [0, 0.1) is 10.1 Å². The van der Waals surface area contributed by atoms with Crippen molar-refractivity contribution in [2.75, 3.05) is 0 Å². The van der Waals surface area contributed by atoms with E-state index in [0.29, 0.717) is 0 Å². The quantitative estimate of drug-likeness (QED) is 0.249. The van der Waals surface area contributed by atoms with E-state index in [1.807, 2.05) is 0 Å². The largest absolute Gasteiger partial charge is 0.412 e. The summed E-state index contributed by atoms with van der Waals surface area (Å²) in [5.74, 6) is 0. The predicted octanol–water partition coefficient (Wildman–Crippen LogP) is -8.69. The third-order valence-electron chi connectivity index (χ3n) is 0. The van der Waals surface area contributed by atoms with E-state index >= 15 is 0 Å². The van der Waals surface area contributed by atoms with Crippen LogP contribution in [0.4, 0.5) is 0 Å². The van der Waals surface area contributed by atoms with Gasteiger partial charge in [0.25, 0.3) is 5.09 Å². The molecule has 0 radical (unpaired) electrons. The Balaban J connectivity index is -0.000000001000. The van der Waals surface area contributed by atoms with Crippen molar-refractivity contribution >= 4 is 23.1 Å². The summed E-state index contributed by atoms with van der Waals surface area (Å²) in [6, 6.07) is 0. The molecule has 0 bridgehead atoms. The first-order chi connectivity index (χ1) is 1.73. The monoisotopic (exact) mass is 251 g/mol. The minimum absolute atomic E-state index is 0. The average Bonchev–Trinajstić information content (AvgIpc) is 0.811. The molecule has 0 rings (SSSR count). The van der Waals surface area contributed by atoms with E-state index in [1.54, 1.807) is 0 Å². The molecule has 0 aromatic rings. The van der Waals surface area contributed by atoms with Crippen LogP contribution in [0.25, 0.3) is 0 Å². The molecular formula is H21MgNO12. The van der Waals surface area contributed by atoms with Crippen molar-refractivity contribution in [3.63, 3.8) is 0 Å². The highest BCUT2D eigenvalue weighted by molar-refractivity contribution is 5.75. The molecule has 0 amide bonds. The van der Waals surface area contributed by atoms with Crippen molar-refractivity contribution < 1.29 is 59.6 Å². The Labute approximate surface area is 93.4 Å². The molecule has 0 unspecified atom stereocenters. The number of nitrogens with zero attached hydrogens (tertiary/aromatic N) is 1. The molecule has 0 saturated heterocycles. The van der Waals surface area contributed by atoms with Crippen molar-refractivity contribution in [1.82, 2.24) is 0 Å². The van der Waals surface area contributed by atoms with Gasteiger partial charge in [-0.1, -0.05) is 0 Å². The van der Waals surface area contributed by atoms with E-state index in [4.69, 9.17) is 15.3 Å². The minimum atomic E-state index is -1.50. The van der Waals surface area contributed by atoms with Crippen LogP contribution in [0.2, 0.25) is 0 Å². The first-order valence-electron chi connectivity index (χ1n) is 0.565. The fourth-order valence-corrected chi connectivity index (χ4v) is 0. The van der Waals surface area contributed by atoms with E-state index < -0.39 is 5.09 Å². The molecular weight excluding hydrogens is 230 g/mol. The van der Waals surface area contributed by atoms with E-state index in [9.17, 15) is 0 Å². The standard InChI is InChI=1S/Mg.HNO3.9H2O.2H/c;2-1(3)4;;;;;;;;;;;/h;(H,2,3,4);9*1H2;;. The zero-order valence-electron chi connectivity index (χ0n) is 6.21. The zero-order chi connectivity index (χ0) is 3.58. The Kier molecular flexibility index (Phi) is 5680. The fraction of sp³-hybridized carbons (Fsp3) is 0. The van der Waals surface area contributed by atoms with Crippen LogP contribution in [0.3, 0.4) is 0 Å². The Hall–Kier alpha value is -0.394. The van der Waals surface area contributed by atoms with Gasteiger partial charge in [0, 0.05) is 0 Å². The maximum atomic E-state index is 8.36. The highest BCUT2D eigenvalue weighted by atomic mass is 24.3. The average molecular weight is 251 g/mol. The van der Waals surface area contributed by atoms with E-state index in [1.165, 1.54) is 0 Å². The second-order valence-corrected chi connectivity index (χ2v) is 0.238. The first-order valence-corrected chi connectivity index (χ1v) is 0.565. The first kappa shape index (κ1) is 318. The SMILES string of the molecule is O.O.O.O.O.O.O.O.O.O=[N+]([O-])O.[MgH2]. The van der Waals surface area contributed by atoms with Gasteiger partial charge in [-0.3, -0.25) is 0 Å². The number of hydrogen-bond acceptors (Lipinski definition) is 2. The maximum Gasteiger partial charge on any atom is 0.316 e. The molecule has 0 aromatic heterocycles. The lowest BCUT2D eigenvalue weighted by Crippen LogP contribution is -1.81. The summed E-state index contributed by atoms with van der Waals surface area (Å²) < 4.78 is 0. The summed E-state index contributed by atoms with van der Waals surface area (Å²) in [6.45, 7) is 0. The van der Waals surface area contributed by atoms with Crippen molar-refractivity contribution in [3.05, 3.63) is 10.1 Å². The Morgan fingerprint density at radius 1 is 0.714 bits per heavy atom. The molecule has 0 fully saturated rings. The van der Waals surface area contributed by atoms with Gasteiger partial charge >= 0.3 is 23.1 Å². The Morgan fingerprint density at radius 2 is 0.714 bits per heavy atom. The lowest BCUT2D eigenvalue weighted by molar-refractivity contribution is -0.742. The lowest BCUT2D eigenvalue weighted by atomic mass is 13.1. The second kappa shape index (κ2) is 250. The molecule has 14 heteroatoms. The van der Waals surface area contributed by atoms with Gasteiger partial charge in [0.05, 0.1) is 0 Å². The summed E-state index contributed by atoms with van der Waals surface area (Å²) in [5.41, 5.74) is 0. The van der Waals surface area contributed by atoms with Crippen LogP contribution in [0.15, 0.2) is 0 Å². The molecule has 0 saturated carbocycles. The van der Waals surface area contributed by atoms with Crippen LogP contribution in [-0.4, -0.2) is 82.6 Å².